The third kappa shape index (κ3) is 4.31. The molecule has 0 atom stereocenters. The maximum absolute atomic E-state index is 9.55. The molecule has 0 aliphatic carbocycles. The van der Waals surface area contributed by atoms with E-state index in [1.54, 1.807) is 18.4 Å². The van der Waals surface area contributed by atoms with E-state index in [1.807, 2.05) is 49.4 Å². The topological polar surface area (TPSA) is 55.1 Å². The summed E-state index contributed by atoms with van der Waals surface area (Å²) in [5.41, 5.74) is 1.85. The average Bonchev–Trinajstić information content (AvgIpc) is 3.03. The van der Waals surface area contributed by atoms with Crippen LogP contribution in [0.25, 0.3) is 16.3 Å². The number of rotatable bonds is 6. The highest BCUT2D eigenvalue weighted by molar-refractivity contribution is 14.1. The average molecular weight is 494 g/mol. The van der Waals surface area contributed by atoms with E-state index >= 15 is 0 Å². The predicted octanol–water partition coefficient (Wildman–Crippen LogP) is 5.96. The summed E-state index contributed by atoms with van der Waals surface area (Å²) in [6.07, 6.45) is 1.85. The van der Waals surface area contributed by atoms with Crippen molar-refractivity contribution in [3.8, 4) is 17.6 Å². The standard InChI is InChI=1S/C19H15IN2O2S2/c1-3-24-16-10-12(9-14(20)18(16)23-2)8-13(11-21)25-19-22-15-6-4-5-7-17(15)26-19/h4-10H,3H2,1-2H3/b13-8+. The van der Waals surface area contributed by atoms with E-state index in [0.717, 1.165) is 23.7 Å². The minimum atomic E-state index is 0.547. The molecule has 26 heavy (non-hydrogen) atoms. The zero-order valence-corrected chi connectivity index (χ0v) is 17.9. The van der Waals surface area contributed by atoms with Crippen LogP contribution in [-0.4, -0.2) is 18.7 Å². The number of methoxy groups -OCH3 is 1. The fourth-order valence-corrected chi connectivity index (χ4v) is 5.18. The number of hydrogen-bond acceptors (Lipinski definition) is 6. The van der Waals surface area contributed by atoms with Crippen LogP contribution in [0.15, 0.2) is 45.6 Å². The second-order valence-electron chi connectivity index (χ2n) is 5.14. The lowest BCUT2D eigenvalue weighted by Gasteiger charge is -2.12. The fraction of sp³-hybridized carbons (Fsp3) is 0.158. The zero-order valence-electron chi connectivity index (χ0n) is 14.2. The summed E-state index contributed by atoms with van der Waals surface area (Å²) in [4.78, 5) is 5.15. The third-order valence-corrected chi connectivity index (χ3v) is 6.24. The number of fused-ring (bicyclic) bond motifs is 1. The Balaban J connectivity index is 1.92. The number of nitriles is 1. The molecule has 0 spiro atoms. The van der Waals surface area contributed by atoms with Gasteiger partial charge < -0.3 is 9.47 Å². The second-order valence-corrected chi connectivity index (χ2v) is 8.62. The molecular weight excluding hydrogens is 479 g/mol. The summed E-state index contributed by atoms with van der Waals surface area (Å²) in [6.45, 7) is 2.48. The molecule has 0 bridgehead atoms. The first kappa shape index (κ1) is 19.0. The van der Waals surface area contributed by atoms with Crippen LogP contribution in [0, 0.1) is 14.9 Å². The molecule has 0 aliphatic rings. The van der Waals surface area contributed by atoms with Crippen molar-refractivity contribution in [3.05, 3.63) is 50.4 Å². The molecule has 0 saturated heterocycles. The van der Waals surface area contributed by atoms with Gasteiger partial charge in [0.1, 0.15) is 6.07 Å². The molecule has 0 saturated carbocycles. The third-order valence-electron chi connectivity index (χ3n) is 3.42. The van der Waals surface area contributed by atoms with Crippen molar-refractivity contribution in [1.82, 2.24) is 4.98 Å². The quantitative estimate of drug-likeness (QED) is 0.240. The fourth-order valence-electron chi connectivity index (χ4n) is 2.36. The Kier molecular flexibility index (Phi) is 6.40. The van der Waals surface area contributed by atoms with Crippen LogP contribution >= 0.6 is 45.7 Å². The Morgan fingerprint density at radius 1 is 1.38 bits per heavy atom. The van der Waals surface area contributed by atoms with Crippen LogP contribution in [0.5, 0.6) is 11.5 Å². The van der Waals surface area contributed by atoms with Gasteiger partial charge in [0.2, 0.25) is 0 Å². The number of halogens is 1. The van der Waals surface area contributed by atoms with Crippen LogP contribution in [0.2, 0.25) is 0 Å². The van der Waals surface area contributed by atoms with Crippen LogP contribution in [0.1, 0.15) is 12.5 Å². The zero-order chi connectivity index (χ0) is 18.5. The van der Waals surface area contributed by atoms with Crippen LogP contribution in [-0.2, 0) is 0 Å². The molecule has 7 heteroatoms. The number of nitrogens with zero attached hydrogens (tertiary/aromatic N) is 2. The number of thiazole rings is 1. The first-order chi connectivity index (χ1) is 12.6. The van der Waals surface area contributed by atoms with Gasteiger partial charge >= 0.3 is 0 Å². The molecule has 0 amide bonds. The monoisotopic (exact) mass is 494 g/mol. The number of aromatic nitrogens is 1. The molecule has 0 fully saturated rings. The summed E-state index contributed by atoms with van der Waals surface area (Å²) >= 11 is 5.17. The van der Waals surface area contributed by atoms with Gasteiger partial charge in [-0.3, -0.25) is 0 Å². The van der Waals surface area contributed by atoms with Crippen molar-refractivity contribution < 1.29 is 9.47 Å². The predicted molar refractivity (Wildman–Crippen MR) is 116 cm³/mol. The number of hydrogen-bond donors (Lipinski definition) is 0. The Labute approximate surface area is 174 Å². The Morgan fingerprint density at radius 3 is 2.88 bits per heavy atom. The largest absolute Gasteiger partial charge is 0.492 e. The van der Waals surface area contributed by atoms with Gasteiger partial charge in [0, 0.05) is 0 Å². The molecule has 132 valence electrons. The summed E-state index contributed by atoms with van der Waals surface area (Å²) in [6, 6.07) is 14.1. The van der Waals surface area contributed by atoms with Gasteiger partial charge in [0.25, 0.3) is 0 Å². The number of thioether (sulfide) groups is 1. The van der Waals surface area contributed by atoms with Gasteiger partial charge in [-0.05, 0) is 77.2 Å². The van der Waals surface area contributed by atoms with Crippen LogP contribution in [0.3, 0.4) is 0 Å². The first-order valence-corrected chi connectivity index (χ1v) is 10.5. The SMILES string of the molecule is CCOc1cc(/C=C(\C#N)Sc2nc3ccccc3s2)cc(I)c1OC. The smallest absolute Gasteiger partial charge is 0.174 e. The molecule has 2 aromatic carbocycles. The van der Waals surface area contributed by atoms with Crippen molar-refractivity contribution in [2.24, 2.45) is 0 Å². The molecule has 1 heterocycles. The molecule has 3 aromatic rings. The van der Waals surface area contributed by atoms with E-state index < -0.39 is 0 Å². The van der Waals surface area contributed by atoms with Crippen LogP contribution < -0.4 is 9.47 Å². The lowest BCUT2D eigenvalue weighted by Crippen LogP contribution is -1.97. The molecule has 4 nitrogen and oxygen atoms in total. The van der Waals surface area contributed by atoms with Crippen molar-refractivity contribution in [3.63, 3.8) is 0 Å². The Morgan fingerprint density at radius 2 is 2.19 bits per heavy atom. The maximum atomic E-state index is 9.55. The summed E-state index contributed by atoms with van der Waals surface area (Å²) in [7, 11) is 1.62. The lowest BCUT2D eigenvalue weighted by atomic mass is 10.2. The van der Waals surface area contributed by atoms with Gasteiger partial charge in [-0.1, -0.05) is 12.1 Å². The number of para-hydroxylation sites is 1. The molecule has 0 N–H and O–H groups in total. The Hall–Kier alpha value is -1.76. The Bertz CT molecular complexity index is 975. The van der Waals surface area contributed by atoms with Crippen molar-refractivity contribution in [2.75, 3.05) is 13.7 Å². The van der Waals surface area contributed by atoms with Crippen molar-refractivity contribution in [2.45, 2.75) is 11.3 Å². The van der Waals surface area contributed by atoms with Gasteiger partial charge in [0.05, 0.1) is 32.4 Å². The van der Waals surface area contributed by atoms with E-state index in [1.165, 1.54) is 11.8 Å². The normalized spacial score (nSPS) is 11.4. The number of ether oxygens (including phenoxy) is 2. The minimum Gasteiger partial charge on any atom is -0.492 e. The maximum Gasteiger partial charge on any atom is 0.174 e. The molecule has 3 rings (SSSR count). The summed E-state index contributed by atoms with van der Waals surface area (Å²) in [5.74, 6) is 1.39. The number of allylic oxidation sites excluding steroid dienone is 1. The molecule has 0 aliphatic heterocycles. The highest BCUT2D eigenvalue weighted by Gasteiger charge is 2.12. The molecule has 0 radical (unpaired) electrons. The first-order valence-electron chi connectivity index (χ1n) is 7.80. The highest BCUT2D eigenvalue weighted by Crippen LogP contribution is 2.37. The van der Waals surface area contributed by atoms with E-state index in [2.05, 4.69) is 33.6 Å². The van der Waals surface area contributed by atoms with Crippen molar-refractivity contribution >= 4 is 62.0 Å². The lowest BCUT2D eigenvalue weighted by molar-refractivity contribution is 0.309. The van der Waals surface area contributed by atoms with Gasteiger partial charge in [-0.15, -0.1) is 11.3 Å². The number of benzene rings is 2. The van der Waals surface area contributed by atoms with Gasteiger partial charge in [-0.2, -0.15) is 5.26 Å². The highest BCUT2D eigenvalue weighted by atomic mass is 127. The van der Waals surface area contributed by atoms with E-state index in [-0.39, 0.29) is 0 Å². The van der Waals surface area contributed by atoms with E-state index in [4.69, 9.17) is 9.47 Å². The van der Waals surface area contributed by atoms with Crippen LogP contribution in [0.4, 0.5) is 0 Å². The second kappa shape index (κ2) is 8.75. The molecule has 0 unspecified atom stereocenters. The minimum absolute atomic E-state index is 0.547. The van der Waals surface area contributed by atoms with Gasteiger partial charge in [-0.25, -0.2) is 4.98 Å². The molecular formula is C19H15IN2O2S2. The summed E-state index contributed by atoms with van der Waals surface area (Å²) < 4.78 is 14.0. The molecule has 1 aromatic heterocycles. The van der Waals surface area contributed by atoms with Crippen molar-refractivity contribution in [1.29, 1.82) is 5.26 Å². The van der Waals surface area contributed by atoms with E-state index in [9.17, 15) is 5.26 Å². The van der Waals surface area contributed by atoms with Gasteiger partial charge in [0.15, 0.2) is 15.8 Å². The van der Waals surface area contributed by atoms with E-state index in [0.29, 0.717) is 23.0 Å². The summed E-state index contributed by atoms with van der Waals surface area (Å²) in [5, 5.41) is 9.55.